The Morgan fingerprint density at radius 2 is 1.31 bits per heavy atom. The van der Waals surface area contributed by atoms with Gasteiger partial charge in [-0.3, -0.25) is 58.1 Å². The van der Waals surface area contributed by atoms with E-state index in [4.69, 9.17) is 0 Å². The summed E-state index contributed by atoms with van der Waals surface area (Å²) in [6.45, 7) is -0.565. The lowest BCUT2D eigenvalue weighted by Gasteiger charge is -2.33. The Bertz CT molecular complexity index is 1280. The second-order valence-electron chi connectivity index (χ2n) is 10.7. The number of unbranched alkanes of at least 4 members (excludes halogenated alkanes) is 1. The fourth-order valence-corrected chi connectivity index (χ4v) is 5.06. The predicted molar refractivity (Wildman–Crippen MR) is 153 cm³/mol. The van der Waals surface area contributed by atoms with Crippen molar-refractivity contribution in [3.63, 3.8) is 0 Å². The molecule has 244 valence electrons. The van der Waals surface area contributed by atoms with E-state index in [-0.39, 0.29) is 69.7 Å². The number of nitrogens with one attached hydrogen (secondary N) is 1. The molecule has 2 aliphatic heterocycles. The Morgan fingerprint density at radius 1 is 0.778 bits per heavy atom. The van der Waals surface area contributed by atoms with Crippen LogP contribution >= 0.6 is 0 Å². The first-order valence-corrected chi connectivity index (χ1v) is 14.2. The summed E-state index contributed by atoms with van der Waals surface area (Å²) in [5, 5.41) is 40.8. The molecule has 0 saturated carbocycles. The molecule has 1 aromatic heterocycles. The molecular weight excluding hydrogens is 596 g/mol. The third kappa shape index (κ3) is 11.0. The molecule has 17 nitrogen and oxygen atoms in total. The summed E-state index contributed by atoms with van der Waals surface area (Å²) in [6, 6.07) is 1.54. The summed E-state index contributed by atoms with van der Waals surface area (Å²) in [7, 11) is 0. The maximum Gasteiger partial charge on any atom is 0.321 e. The fourth-order valence-electron chi connectivity index (χ4n) is 5.06. The molecule has 2 bridgehead atoms. The first-order valence-electron chi connectivity index (χ1n) is 14.2. The van der Waals surface area contributed by atoms with Crippen LogP contribution in [0.5, 0.6) is 0 Å². The highest BCUT2D eigenvalue weighted by Crippen LogP contribution is 2.15. The van der Waals surface area contributed by atoms with Gasteiger partial charge < -0.3 is 25.7 Å². The van der Waals surface area contributed by atoms with E-state index in [1.165, 1.54) is 39.0 Å². The zero-order valence-corrected chi connectivity index (χ0v) is 24.5. The number of carboxylic acids is 4. The quantitative estimate of drug-likeness (QED) is 0.116. The number of hydrogen-bond donors (Lipinski definition) is 5. The number of aliphatic carboxylic acids is 4. The van der Waals surface area contributed by atoms with Gasteiger partial charge >= 0.3 is 23.9 Å². The summed E-state index contributed by atoms with van der Waals surface area (Å²) >= 11 is 0. The van der Waals surface area contributed by atoms with Crippen molar-refractivity contribution in [1.29, 1.82) is 0 Å². The lowest BCUT2D eigenvalue weighted by Crippen LogP contribution is -2.49. The Morgan fingerprint density at radius 3 is 1.78 bits per heavy atom. The van der Waals surface area contributed by atoms with E-state index in [0.717, 1.165) is 4.90 Å². The third-order valence-electron chi connectivity index (χ3n) is 7.18. The largest absolute Gasteiger partial charge is 0.481 e. The van der Waals surface area contributed by atoms with Gasteiger partial charge in [-0.15, -0.1) is 0 Å². The second kappa shape index (κ2) is 16.4. The number of hydrogen-bond acceptors (Lipinski definition) is 11. The highest BCUT2D eigenvalue weighted by molar-refractivity contribution is 6.12. The van der Waals surface area contributed by atoms with Crippen molar-refractivity contribution in [1.82, 2.24) is 29.9 Å². The lowest BCUT2D eigenvalue weighted by molar-refractivity contribution is -0.150. The molecule has 3 rings (SSSR count). The minimum Gasteiger partial charge on any atom is -0.481 e. The molecule has 1 aromatic rings. The number of nitrogens with zero attached hydrogens (tertiary/aromatic N) is 5. The van der Waals surface area contributed by atoms with Crippen LogP contribution < -0.4 is 5.32 Å². The molecule has 5 N–H and O–H groups in total. The van der Waals surface area contributed by atoms with Crippen molar-refractivity contribution in [2.75, 3.05) is 52.4 Å². The van der Waals surface area contributed by atoms with Crippen LogP contribution in [0.1, 0.15) is 41.0 Å². The molecular formula is C28H36N6O11. The highest BCUT2D eigenvalue weighted by atomic mass is 16.4. The molecule has 1 atom stereocenters. The number of imide groups is 1. The summed E-state index contributed by atoms with van der Waals surface area (Å²) in [6.07, 6.45) is 2.62. The normalized spacial score (nSPS) is 17.4. The van der Waals surface area contributed by atoms with Gasteiger partial charge in [0.1, 0.15) is 6.04 Å². The molecule has 0 aromatic carbocycles. The maximum absolute atomic E-state index is 13.1. The van der Waals surface area contributed by atoms with E-state index in [1.54, 1.807) is 0 Å². The summed E-state index contributed by atoms with van der Waals surface area (Å²) in [4.78, 5) is 93.0. The number of fused-ring (bicyclic) bond motifs is 2. The lowest BCUT2D eigenvalue weighted by atomic mass is 10.1. The highest BCUT2D eigenvalue weighted by Gasteiger charge is 2.30. The maximum atomic E-state index is 13.1. The molecule has 45 heavy (non-hydrogen) atoms. The van der Waals surface area contributed by atoms with Gasteiger partial charge in [0.25, 0.3) is 17.7 Å². The number of carbonyl (C=O) groups is 7. The van der Waals surface area contributed by atoms with Gasteiger partial charge in [0.15, 0.2) is 0 Å². The third-order valence-corrected chi connectivity index (χ3v) is 7.18. The predicted octanol–water partition coefficient (Wildman–Crippen LogP) is -1.47. The molecule has 0 radical (unpaired) electrons. The van der Waals surface area contributed by atoms with Gasteiger partial charge in [-0.25, -0.2) is 0 Å². The summed E-state index contributed by atoms with van der Waals surface area (Å²) in [5.41, 5.74) is 0.848. The van der Waals surface area contributed by atoms with E-state index in [9.17, 15) is 54.0 Å². The van der Waals surface area contributed by atoms with Crippen LogP contribution in [0.2, 0.25) is 0 Å². The standard InChI is InChI=1S/C28H36N6O11/c35-22-3-4-23(36)34(22)6-2-1-5-29-27(43)18-11-19-14-31(16-25(39)40)7-9-33(21(28(44)45)13-24(37)38)10-8-32(17-26(41)42)15-20(12-18)30-19/h3-4,11-12,21H,1-2,5-10,13-17H2,(H,29,43)(H,37,38)(H,39,40)(H,41,42)(H,44,45)/t21-/m0/s1. The molecule has 3 amide bonds. The first kappa shape index (κ1) is 34.7. The van der Waals surface area contributed by atoms with E-state index in [0.29, 0.717) is 24.2 Å². The van der Waals surface area contributed by atoms with Crippen LogP contribution in [0.25, 0.3) is 0 Å². The van der Waals surface area contributed by atoms with Crippen molar-refractivity contribution in [2.45, 2.75) is 38.4 Å². The van der Waals surface area contributed by atoms with Gasteiger partial charge in [-0.05, 0) is 25.0 Å². The molecule has 0 fully saturated rings. The van der Waals surface area contributed by atoms with Crippen LogP contribution in [-0.4, -0.2) is 145 Å². The number of amides is 3. The van der Waals surface area contributed by atoms with Crippen molar-refractivity contribution in [2.24, 2.45) is 0 Å². The molecule has 0 spiro atoms. The van der Waals surface area contributed by atoms with Gasteiger partial charge in [0, 0.05) is 70.1 Å². The summed E-state index contributed by atoms with van der Waals surface area (Å²) < 4.78 is 0. The zero-order valence-electron chi connectivity index (χ0n) is 24.5. The Kier molecular flexibility index (Phi) is 12.6. The molecule has 0 aliphatic carbocycles. The van der Waals surface area contributed by atoms with Crippen LogP contribution in [0.15, 0.2) is 24.3 Å². The van der Waals surface area contributed by atoms with Gasteiger partial charge in [-0.1, -0.05) is 0 Å². The monoisotopic (exact) mass is 632 g/mol. The van der Waals surface area contributed by atoms with Crippen LogP contribution in [0, 0.1) is 0 Å². The van der Waals surface area contributed by atoms with E-state index < -0.39 is 55.3 Å². The molecule has 2 aliphatic rings. The van der Waals surface area contributed by atoms with Crippen molar-refractivity contribution in [3.05, 3.63) is 41.2 Å². The van der Waals surface area contributed by atoms with Crippen molar-refractivity contribution in [3.8, 4) is 0 Å². The Balaban J connectivity index is 1.80. The van der Waals surface area contributed by atoms with Gasteiger partial charge in [0.05, 0.1) is 30.9 Å². The smallest absolute Gasteiger partial charge is 0.321 e. The van der Waals surface area contributed by atoms with Crippen LogP contribution in [0.3, 0.4) is 0 Å². The minimum absolute atomic E-state index is 0.0135. The second-order valence-corrected chi connectivity index (χ2v) is 10.7. The average Bonchev–Trinajstić information content (AvgIpc) is 3.26. The van der Waals surface area contributed by atoms with Crippen LogP contribution in [-0.2, 0) is 41.9 Å². The average molecular weight is 633 g/mol. The van der Waals surface area contributed by atoms with Gasteiger partial charge in [0.2, 0.25) is 0 Å². The fraction of sp³-hybridized carbons (Fsp3) is 0.500. The van der Waals surface area contributed by atoms with E-state index >= 15 is 0 Å². The van der Waals surface area contributed by atoms with Crippen molar-refractivity contribution >= 4 is 41.6 Å². The SMILES string of the molecule is O=C(O)C[C@@H](C(=O)O)N1CCN(CC(=O)O)Cc2cc(C(=O)NCCCCN3C(=O)C=CC3=O)cc(n2)CN(CC(=O)O)CC1. The molecule has 0 saturated heterocycles. The molecule has 0 unspecified atom stereocenters. The molecule has 3 heterocycles. The first-order chi connectivity index (χ1) is 21.3. The van der Waals surface area contributed by atoms with Crippen molar-refractivity contribution < 1.29 is 54.0 Å². The molecule has 17 heteroatoms. The summed E-state index contributed by atoms with van der Waals surface area (Å²) in [5.74, 6) is -6.27. The van der Waals surface area contributed by atoms with Gasteiger partial charge in [-0.2, -0.15) is 0 Å². The number of rotatable bonds is 14. The number of pyridine rings is 1. The van der Waals surface area contributed by atoms with E-state index in [1.807, 2.05) is 0 Å². The number of aromatic nitrogens is 1. The topological polar surface area (TPSA) is 238 Å². The number of carbonyl (C=O) groups excluding carboxylic acids is 3. The van der Waals surface area contributed by atoms with E-state index in [2.05, 4.69) is 10.3 Å². The number of carboxylic acid groups (broad SMARTS) is 4. The van der Waals surface area contributed by atoms with Crippen LogP contribution in [0.4, 0.5) is 0 Å². The minimum atomic E-state index is -1.43. The Labute approximate surface area is 257 Å². The zero-order chi connectivity index (χ0) is 33.1. The Hall–Kier alpha value is -4.74.